The predicted molar refractivity (Wildman–Crippen MR) is 101 cm³/mol. The van der Waals surface area contributed by atoms with Crippen LogP contribution in [0.25, 0.3) is 11.4 Å². The van der Waals surface area contributed by atoms with E-state index in [0.717, 1.165) is 27.1 Å². The lowest BCUT2D eigenvalue weighted by Crippen LogP contribution is -2.29. The first-order valence-electron chi connectivity index (χ1n) is 7.89. The van der Waals surface area contributed by atoms with Crippen LogP contribution >= 0.6 is 23.5 Å². The molecule has 0 saturated heterocycles. The number of hydrogen-bond donors (Lipinski definition) is 1. The molecule has 2 aromatic carbocycles. The van der Waals surface area contributed by atoms with Gasteiger partial charge in [0.2, 0.25) is 5.16 Å². The number of carboxylic acids is 1. The molecule has 0 fully saturated rings. The molecule has 0 saturated carbocycles. The molecule has 3 heterocycles. The Labute approximate surface area is 157 Å². The Balaban J connectivity index is 1.56. The number of fused-ring (bicyclic) bond motifs is 3. The third kappa shape index (κ3) is 2.33. The minimum absolute atomic E-state index is 0.0139. The number of nitrogens with zero attached hydrogens (tertiary/aromatic N) is 4. The summed E-state index contributed by atoms with van der Waals surface area (Å²) in [5.74, 6) is -0.121. The second-order valence-corrected chi connectivity index (χ2v) is 7.74. The van der Waals surface area contributed by atoms with E-state index in [1.165, 1.54) is 0 Å². The van der Waals surface area contributed by atoms with Gasteiger partial charge >= 0.3 is 5.97 Å². The summed E-state index contributed by atoms with van der Waals surface area (Å²) < 4.78 is 2.04. The molecule has 6 nitrogen and oxygen atoms in total. The molecule has 26 heavy (non-hydrogen) atoms. The third-order valence-corrected chi connectivity index (χ3v) is 6.43. The Morgan fingerprint density at radius 3 is 2.54 bits per heavy atom. The number of hydrogen-bond acceptors (Lipinski definition) is 6. The van der Waals surface area contributed by atoms with Gasteiger partial charge in [0.25, 0.3) is 0 Å². The largest absolute Gasteiger partial charge is 0.478 e. The number of benzene rings is 2. The van der Waals surface area contributed by atoms with Gasteiger partial charge in [-0.1, -0.05) is 54.2 Å². The molecule has 0 aliphatic carbocycles. The minimum Gasteiger partial charge on any atom is -0.478 e. The first kappa shape index (κ1) is 15.5. The SMILES string of the molecule is O=C(O)c1ccc([C@H]2SC=C3Sc4nnc(-c5ccccc5)n4N32)cc1. The summed E-state index contributed by atoms with van der Waals surface area (Å²) in [4.78, 5) is 11.1. The Morgan fingerprint density at radius 1 is 1.04 bits per heavy atom. The van der Waals surface area contributed by atoms with Crippen LogP contribution in [0, 0.1) is 0 Å². The van der Waals surface area contributed by atoms with Crippen LogP contribution in [0.1, 0.15) is 21.3 Å². The molecule has 128 valence electrons. The van der Waals surface area contributed by atoms with Crippen molar-refractivity contribution >= 4 is 29.5 Å². The number of carbonyl (C=O) groups is 1. The van der Waals surface area contributed by atoms with E-state index < -0.39 is 5.97 Å². The highest BCUT2D eigenvalue weighted by atomic mass is 32.2. The molecule has 2 aliphatic rings. The highest BCUT2D eigenvalue weighted by Crippen LogP contribution is 2.51. The molecule has 0 radical (unpaired) electrons. The lowest BCUT2D eigenvalue weighted by Gasteiger charge is -2.26. The maximum atomic E-state index is 11.1. The zero-order chi connectivity index (χ0) is 17.7. The molecule has 3 aromatic rings. The van der Waals surface area contributed by atoms with Crippen molar-refractivity contribution in [3.63, 3.8) is 0 Å². The summed E-state index contributed by atoms with van der Waals surface area (Å²) in [6, 6.07) is 17.0. The minimum atomic E-state index is -0.918. The molecule has 1 aromatic heterocycles. The van der Waals surface area contributed by atoms with Gasteiger partial charge in [0.1, 0.15) is 10.4 Å². The van der Waals surface area contributed by atoms with Gasteiger partial charge in [-0.25, -0.2) is 9.47 Å². The van der Waals surface area contributed by atoms with Crippen molar-refractivity contribution in [1.29, 1.82) is 0 Å². The van der Waals surface area contributed by atoms with E-state index in [9.17, 15) is 4.79 Å². The van der Waals surface area contributed by atoms with Gasteiger partial charge < -0.3 is 5.11 Å². The van der Waals surface area contributed by atoms with Crippen LogP contribution < -0.4 is 5.01 Å². The van der Waals surface area contributed by atoms with Crippen molar-refractivity contribution in [2.75, 3.05) is 5.01 Å². The van der Waals surface area contributed by atoms with Crippen LogP contribution in [-0.4, -0.2) is 25.9 Å². The molecular weight excluding hydrogens is 368 g/mol. The van der Waals surface area contributed by atoms with Crippen molar-refractivity contribution in [3.8, 4) is 11.4 Å². The summed E-state index contributed by atoms with van der Waals surface area (Å²) in [5.41, 5.74) is 2.33. The number of aromatic carboxylic acids is 1. The number of rotatable bonds is 3. The van der Waals surface area contributed by atoms with Crippen LogP contribution in [0.4, 0.5) is 0 Å². The van der Waals surface area contributed by atoms with Crippen LogP contribution in [0.15, 0.2) is 70.2 Å². The Morgan fingerprint density at radius 2 is 1.81 bits per heavy atom. The number of aromatic nitrogens is 3. The molecular formula is C18H12N4O2S2. The summed E-state index contributed by atoms with van der Waals surface area (Å²) >= 11 is 3.28. The van der Waals surface area contributed by atoms with E-state index in [-0.39, 0.29) is 10.9 Å². The highest BCUT2D eigenvalue weighted by Gasteiger charge is 2.39. The van der Waals surface area contributed by atoms with Crippen LogP contribution in [0.3, 0.4) is 0 Å². The van der Waals surface area contributed by atoms with E-state index in [0.29, 0.717) is 0 Å². The lowest BCUT2D eigenvalue weighted by atomic mass is 10.1. The molecule has 1 atom stereocenters. The number of thioether (sulfide) groups is 2. The smallest absolute Gasteiger partial charge is 0.335 e. The fraction of sp³-hybridized carbons (Fsp3) is 0.0556. The van der Waals surface area contributed by atoms with Gasteiger partial charge in [0.05, 0.1) is 5.56 Å². The quantitative estimate of drug-likeness (QED) is 0.738. The van der Waals surface area contributed by atoms with Crippen molar-refractivity contribution < 1.29 is 9.90 Å². The maximum absolute atomic E-state index is 11.1. The third-order valence-electron chi connectivity index (χ3n) is 4.24. The van der Waals surface area contributed by atoms with E-state index in [4.69, 9.17) is 5.11 Å². The molecule has 2 aliphatic heterocycles. The van der Waals surface area contributed by atoms with Crippen molar-refractivity contribution in [2.45, 2.75) is 10.5 Å². The van der Waals surface area contributed by atoms with Crippen molar-refractivity contribution in [2.24, 2.45) is 0 Å². The average molecular weight is 380 g/mol. The van der Waals surface area contributed by atoms with Gasteiger partial charge in [0.15, 0.2) is 5.82 Å². The average Bonchev–Trinajstić information content (AvgIpc) is 3.33. The van der Waals surface area contributed by atoms with E-state index in [2.05, 4.69) is 20.6 Å². The molecule has 1 N–H and O–H groups in total. The predicted octanol–water partition coefficient (Wildman–Crippen LogP) is 3.93. The first-order valence-corrected chi connectivity index (χ1v) is 9.65. The van der Waals surface area contributed by atoms with Gasteiger partial charge in [-0.05, 0) is 29.5 Å². The second kappa shape index (κ2) is 5.93. The Hall–Kier alpha value is -2.71. The second-order valence-electron chi connectivity index (χ2n) is 5.80. The van der Waals surface area contributed by atoms with Crippen LogP contribution in [0.5, 0.6) is 0 Å². The molecule has 0 spiro atoms. The highest BCUT2D eigenvalue weighted by molar-refractivity contribution is 8.07. The molecule has 5 rings (SSSR count). The van der Waals surface area contributed by atoms with Crippen LogP contribution in [-0.2, 0) is 0 Å². The first-order chi connectivity index (χ1) is 12.7. The summed E-state index contributed by atoms with van der Waals surface area (Å²) in [5, 5.41) is 24.0. The fourth-order valence-electron chi connectivity index (χ4n) is 3.02. The van der Waals surface area contributed by atoms with Gasteiger partial charge in [-0.15, -0.1) is 10.2 Å². The standard InChI is InChI=1S/C18H12N4O2S2/c23-17(24)13-8-6-12(7-9-13)16-21-14(10-25-16)26-18-20-19-15(22(18)21)11-4-2-1-3-5-11/h1-10,16H,(H,23,24)/t16-/m1/s1. The monoisotopic (exact) mass is 380 g/mol. The van der Waals surface area contributed by atoms with Gasteiger partial charge in [-0.3, -0.25) is 5.01 Å². The topological polar surface area (TPSA) is 71.2 Å². The van der Waals surface area contributed by atoms with E-state index in [1.54, 1.807) is 35.7 Å². The van der Waals surface area contributed by atoms with Crippen LogP contribution in [0.2, 0.25) is 0 Å². The normalized spacial score (nSPS) is 17.8. The summed E-state index contributed by atoms with van der Waals surface area (Å²) in [7, 11) is 0. The maximum Gasteiger partial charge on any atom is 0.335 e. The Kier molecular flexibility index (Phi) is 3.54. The van der Waals surface area contributed by atoms with E-state index in [1.807, 2.05) is 47.1 Å². The van der Waals surface area contributed by atoms with Crippen molar-refractivity contribution in [1.82, 2.24) is 14.9 Å². The van der Waals surface area contributed by atoms with Gasteiger partial charge in [0, 0.05) is 11.0 Å². The summed E-state index contributed by atoms with van der Waals surface area (Å²) in [6.07, 6.45) is 0. The fourth-order valence-corrected chi connectivity index (χ4v) is 5.25. The lowest BCUT2D eigenvalue weighted by molar-refractivity contribution is 0.0697. The molecule has 0 bridgehead atoms. The summed E-state index contributed by atoms with van der Waals surface area (Å²) in [6.45, 7) is 0. The molecule has 8 heteroatoms. The molecule has 0 unspecified atom stereocenters. The number of carboxylic acid groups (broad SMARTS) is 1. The molecule has 0 amide bonds. The van der Waals surface area contributed by atoms with Gasteiger partial charge in [-0.2, -0.15) is 0 Å². The van der Waals surface area contributed by atoms with E-state index >= 15 is 0 Å². The Bertz CT molecular complexity index is 1030. The zero-order valence-electron chi connectivity index (χ0n) is 13.3. The van der Waals surface area contributed by atoms with Crippen molar-refractivity contribution in [3.05, 3.63) is 76.2 Å². The zero-order valence-corrected chi connectivity index (χ0v) is 14.9.